The van der Waals surface area contributed by atoms with Gasteiger partial charge in [0.1, 0.15) is 0 Å². The Morgan fingerprint density at radius 3 is 2.74 bits per heavy atom. The van der Waals surface area contributed by atoms with E-state index in [2.05, 4.69) is 29.4 Å². The standard InChI is InChI=1S/C15H29N3O/c1-3-18-10-7-13(8-11-18)12(2)17-14-6-4-5-9-16-15(14)19/h12-14,17H,3-11H2,1-2H3,(H,16,19). The molecule has 0 aromatic rings. The van der Waals surface area contributed by atoms with Gasteiger partial charge in [0, 0.05) is 12.6 Å². The van der Waals surface area contributed by atoms with Crippen LogP contribution < -0.4 is 10.6 Å². The normalized spacial score (nSPS) is 28.7. The van der Waals surface area contributed by atoms with Gasteiger partial charge in [0.25, 0.3) is 0 Å². The lowest BCUT2D eigenvalue weighted by Gasteiger charge is -2.35. The Kier molecular flexibility index (Phi) is 5.64. The molecule has 2 aliphatic rings. The number of carbonyl (C=O) groups is 1. The van der Waals surface area contributed by atoms with E-state index in [0.29, 0.717) is 6.04 Å². The molecule has 2 saturated heterocycles. The average Bonchev–Trinajstić information content (AvgIpc) is 2.64. The number of amides is 1. The lowest BCUT2D eigenvalue weighted by atomic mass is 9.89. The van der Waals surface area contributed by atoms with Crippen LogP contribution in [0.15, 0.2) is 0 Å². The van der Waals surface area contributed by atoms with Crippen LogP contribution in [0.25, 0.3) is 0 Å². The second kappa shape index (κ2) is 7.25. The van der Waals surface area contributed by atoms with Crippen LogP contribution in [0.3, 0.4) is 0 Å². The predicted octanol–water partition coefficient (Wildman–Crippen LogP) is 1.37. The van der Waals surface area contributed by atoms with Crippen LogP contribution in [0.2, 0.25) is 0 Å². The summed E-state index contributed by atoms with van der Waals surface area (Å²) in [5, 5.41) is 6.59. The van der Waals surface area contributed by atoms with Crippen LogP contribution in [-0.2, 0) is 4.79 Å². The zero-order chi connectivity index (χ0) is 13.7. The van der Waals surface area contributed by atoms with Crippen molar-refractivity contribution in [3.05, 3.63) is 0 Å². The van der Waals surface area contributed by atoms with E-state index in [1.165, 1.54) is 32.5 Å². The Hall–Kier alpha value is -0.610. The highest BCUT2D eigenvalue weighted by molar-refractivity contribution is 5.81. The summed E-state index contributed by atoms with van der Waals surface area (Å²) >= 11 is 0. The van der Waals surface area contributed by atoms with E-state index < -0.39 is 0 Å². The van der Waals surface area contributed by atoms with E-state index in [4.69, 9.17) is 0 Å². The minimum absolute atomic E-state index is 0.0294. The fourth-order valence-corrected chi connectivity index (χ4v) is 3.32. The number of hydrogen-bond acceptors (Lipinski definition) is 3. The number of nitrogens with zero attached hydrogens (tertiary/aromatic N) is 1. The minimum atomic E-state index is 0.0294. The van der Waals surface area contributed by atoms with Gasteiger partial charge in [-0.1, -0.05) is 6.92 Å². The van der Waals surface area contributed by atoms with Crippen LogP contribution in [-0.4, -0.2) is 49.1 Å². The molecule has 0 radical (unpaired) electrons. The molecule has 2 fully saturated rings. The number of rotatable bonds is 4. The summed E-state index contributed by atoms with van der Waals surface area (Å²) in [4.78, 5) is 14.5. The largest absolute Gasteiger partial charge is 0.355 e. The highest BCUT2D eigenvalue weighted by atomic mass is 16.2. The molecular weight excluding hydrogens is 238 g/mol. The quantitative estimate of drug-likeness (QED) is 0.808. The predicted molar refractivity (Wildman–Crippen MR) is 78.1 cm³/mol. The number of piperidine rings is 1. The number of carbonyl (C=O) groups excluding carboxylic acids is 1. The highest BCUT2D eigenvalue weighted by Crippen LogP contribution is 2.21. The lowest BCUT2D eigenvalue weighted by Crippen LogP contribution is -2.50. The van der Waals surface area contributed by atoms with Crippen LogP contribution >= 0.6 is 0 Å². The smallest absolute Gasteiger partial charge is 0.237 e. The first-order chi connectivity index (χ1) is 9.20. The number of hydrogen-bond donors (Lipinski definition) is 2. The first-order valence-corrected chi connectivity index (χ1v) is 7.96. The second-order valence-electron chi connectivity index (χ2n) is 6.07. The summed E-state index contributed by atoms with van der Waals surface area (Å²) in [5.41, 5.74) is 0. The van der Waals surface area contributed by atoms with Crippen LogP contribution in [0.5, 0.6) is 0 Å². The Balaban J connectivity index is 1.79. The summed E-state index contributed by atoms with van der Waals surface area (Å²) < 4.78 is 0. The molecule has 2 rings (SSSR count). The fraction of sp³-hybridized carbons (Fsp3) is 0.933. The van der Waals surface area contributed by atoms with E-state index >= 15 is 0 Å². The minimum Gasteiger partial charge on any atom is -0.355 e. The molecule has 2 N–H and O–H groups in total. The molecule has 0 aromatic heterocycles. The van der Waals surface area contributed by atoms with Gasteiger partial charge in [-0.25, -0.2) is 0 Å². The monoisotopic (exact) mass is 267 g/mol. The molecule has 0 spiro atoms. The lowest BCUT2D eigenvalue weighted by molar-refractivity contribution is -0.123. The topological polar surface area (TPSA) is 44.4 Å². The molecule has 4 nitrogen and oxygen atoms in total. The molecule has 110 valence electrons. The molecule has 2 heterocycles. The van der Waals surface area contributed by atoms with Gasteiger partial charge < -0.3 is 15.5 Å². The Morgan fingerprint density at radius 1 is 1.32 bits per heavy atom. The average molecular weight is 267 g/mol. The Labute approximate surface area is 117 Å². The van der Waals surface area contributed by atoms with Crippen molar-refractivity contribution < 1.29 is 4.79 Å². The zero-order valence-corrected chi connectivity index (χ0v) is 12.5. The third kappa shape index (κ3) is 4.18. The molecule has 2 unspecified atom stereocenters. The SMILES string of the molecule is CCN1CCC(C(C)NC2CCCCNC2=O)CC1. The van der Waals surface area contributed by atoms with Gasteiger partial charge in [0.05, 0.1) is 6.04 Å². The first kappa shape index (κ1) is 14.8. The molecular formula is C15H29N3O. The van der Waals surface area contributed by atoms with Crippen LogP contribution in [0.1, 0.15) is 46.0 Å². The van der Waals surface area contributed by atoms with Gasteiger partial charge >= 0.3 is 0 Å². The number of nitrogens with one attached hydrogen (secondary N) is 2. The van der Waals surface area contributed by atoms with Gasteiger partial charge in [0.15, 0.2) is 0 Å². The number of likely N-dealkylation sites (tertiary alicyclic amines) is 1. The molecule has 1 amide bonds. The van der Waals surface area contributed by atoms with E-state index in [0.717, 1.165) is 31.7 Å². The van der Waals surface area contributed by atoms with Crippen molar-refractivity contribution in [1.82, 2.24) is 15.5 Å². The zero-order valence-electron chi connectivity index (χ0n) is 12.5. The van der Waals surface area contributed by atoms with Gasteiger partial charge in [-0.2, -0.15) is 0 Å². The molecule has 0 bridgehead atoms. The van der Waals surface area contributed by atoms with Gasteiger partial charge in [-0.15, -0.1) is 0 Å². The first-order valence-electron chi connectivity index (χ1n) is 7.96. The Bertz CT molecular complexity index is 287. The molecule has 2 atom stereocenters. The van der Waals surface area contributed by atoms with Gasteiger partial charge in [-0.05, 0) is 64.6 Å². The summed E-state index contributed by atoms with van der Waals surface area (Å²) in [6.07, 6.45) is 5.78. The molecule has 4 heteroatoms. The van der Waals surface area contributed by atoms with Crippen LogP contribution in [0.4, 0.5) is 0 Å². The third-order valence-corrected chi connectivity index (χ3v) is 4.79. The van der Waals surface area contributed by atoms with Crippen molar-refractivity contribution in [3.8, 4) is 0 Å². The van der Waals surface area contributed by atoms with Crippen molar-refractivity contribution in [2.45, 2.75) is 58.0 Å². The van der Waals surface area contributed by atoms with Crippen molar-refractivity contribution in [2.24, 2.45) is 5.92 Å². The van der Waals surface area contributed by atoms with Gasteiger partial charge in [-0.3, -0.25) is 4.79 Å². The van der Waals surface area contributed by atoms with E-state index in [1.807, 2.05) is 0 Å². The van der Waals surface area contributed by atoms with Crippen molar-refractivity contribution >= 4 is 5.91 Å². The molecule has 2 aliphatic heterocycles. The maximum absolute atomic E-state index is 11.9. The van der Waals surface area contributed by atoms with E-state index in [1.54, 1.807) is 0 Å². The highest BCUT2D eigenvalue weighted by Gasteiger charge is 2.27. The summed E-state index contributed by atoms with van der Waals surface area (Å²) in [5.74, 6) is 0.925. The van der Waals surface area contributed by atoms with Crippen molar-refractivity contribution in [1.29, 1.82) is 0 Å². The summed E-state index contributed by atoms with van der Waals surface area (Å²) in [6, 6.07) is 0.481. The maximum atomic E-state index is 11.9. The second-order valence-corrected chi connectivity index (χ2v) is 6.07. The van der Waals surface area contributed by atoms with E-state index in [9.17, 15) is 4.79 Å². The van der Waals surface area contributed by atoms with Gasteiger partial charge in [0.2, 0.25) is 5.91 Å². The maximum Gasteiger partial charge on any atom is 0.237 e. The third-order valence-electron chi connectivity index (χ3n) is 4.79. The van der Waals surface area contributed by atoms with Crippen molar-refractivity contribution in [3.63, 3.8) is 0 Å². The Morgan fingerprint density at radius 2 is 2.05 bits per heavy atom. The summed E-state index contributed by atoms with van der Waals surface area (Å²) in [7, 11) is 0. The molecule has 0 aliphatic carbocycles. The van der Waals surface area contributed by atoms with Crippen molar-refractivity contribution in [2.75, 3.05) is 26.2 Å². The van der Waals surface area contributed by atoms with Crippen LogP contribution in [0, 0.1) is 5.92 Å². The molecule has 19 heavy (non-hydrogen) atoms. The molecule has 0 aromatic carbocycles. The van der Waals surface area contributed by atoms with E-state index in [-0.39, 0.29) is 11.9 Å². The summed E-state index contributed by atoms with van der Waals surface area (Å²) in [6.45, 7) is 8.93. The fourth-order valence-electron chi connectivity index (χ4n) is 3.32. The molecule has 0 saturated carbocycles.